The molecule has 5 nitrogen and oxygen atoms in total. The maximum atomic E-state index is 4.78. The Morgan fingerprint density at radius 1 is 1.24 bits per heavy atom. The van der Waals surface area contributed by atoms with Crippen LogP contribution in [0.25, 0.3) is 22.0 Å². The molecule has 1 aliphatic carbocycles. The fraction of sp³-hybridized carbons (Fsp3) is 0.208. The summed E-state index contributed by atoms with van der Waals surface area (Å²) in [5, 5.41) is 4.59. The van der Waals surface area contributed by atoms with Gasteiger partial charge in [0.1, 0.15) is 6.33 Å². The molecule has 0 amide bonds. The summed E-state index contributed by atoms with van der Waals surface area (Å²) in [4.78, 5) is 15.6. The minimum absolute atomic E-state index is 0. The largest absolute Gasteiger partial charge is 0.386 e. The van der Waals surface area contributed by atoms with Crippen LogP contribution in [0.15, 0.2) is 67.4 Å². The molecule has 2 aliphatic rings. The van der Waals surface area contributed by atoms with Crippen molar-refractivity contribution in [2.24, 2.45) is 0 Å². The van der Waals surface area contributed by atoms with E-state index in [1.54, 1.807) is 6.33 Å². The molecule has 146 valence electrons. The first-order valence-electron chi connectivity index (χ1n) is 9.91. The zero-order chi connectivity index (χ0) is 19.8. The normalized spacial score (nSPS) is 18.2. The van der Waals surface area contributed by atoms with Crippen LogP contribution in [0.4, 0.5) is 0 Å². The lowest BCUT2D eigenvalue weighted by atomic mass is 9.96. The summed E-state index contributed by atoms with van der Waals surface area (Å²) in [6.45, 7) is 6.97. The second-order valence-electron chi connectivity index (χ2n) is 7.60. The summed E-state index contributed by atoms with van der Waals surface area (Å²) < 4.78 is 0. The average molecular weight is 383 g/mol. The highest BCUT2D eigenvalue weighted by atomic mass is 15.2. The molecule has 1 aliphatic heterocycles. The van der Waals surface area contributed by atoms with Gasteiger partial charge in [-0.25, -0.2) is 9.97 Å². The minimum Gasteiger partial charge on any atom is -0.386 e. The second kappa shape index (κ2) is 7.26. The van der Waals surface area contributed by atoms with Gasteiger partial charge in [0.2, 0.25) is 0 Å². The number of hydrogen-bond donors (Lipinski definition) is 1. The topological polar surface area (TPSA) is 53.9 Å². The molecular formula is C24H25N5. The van der Waals surface area contributed by atoms with Crippen molar-refractivity contribution >= 4 is 22.0 Å². The Bertz CT molecular complexity index is 1180. The van der Waals surface area contributed by atoms with Gasteiger partial charge in [0.25, 0.3) is 0 Å². The highest BCUT2D eigenvalue weighted by Gasteiger charge is 2.20. The molecule has 1 N–H and O–H groups in total. The zero-order valence-corrected chi connectivity index (χ0v) is 16.5. The summed E-state index contributed by atoms with van der Waals surface area (Å²) in [5.41, 5.74) is 9.12. The summed E-state index contributed by atoms with van der Waals surface area (Å²) in [5.74, 6) is 0. The van der Waals surface area contributed by atoms with Crippen molar-refractivity contribution in [2.75, 3.05) is 26.7 Å². The van der Waals surface area contributed by atoms with Crippen LogP contribution in [0, 0.1) is 0 Å². The predicted molar refractivity (Wildman–Crippen MR) is 119 cm³/mol. The molecule has 0 radical (unpaired) electrons. The maximum Gasteiger partial charge on any atom is 0.116 e. The average Bonchev–Trinajstić information content (AvgIpc) is 3.17. The number of pyridine rings is 1. The van der Waals surface area contributed by atoms with E-state index in [9.17, 15) is 0 Å². The molecular weight excluding hydrogens is 358 g/mol. The molecule has 0 atom stereocenters. The van der Waals surface area contributed by atoms with Gasteiger partial charge in [0.15, 0.2) is 0 Å². The number of fused-ring (bicyclic) bond motifs is 2. The van der Waals surface area contributed by atoms with E-state index in [-0.39, 0.29) is 1.43 Å². The van der Waals surface area contributed by atoms with E-state index in [0.717, 1.165) is 53.8 Å². The highest BCUT2D eigenvalue weighted by molar-refractivity contribution is 5.90. The molecule has 1 saturated heterocycles. The molecule has 1 aromatic carbocycles. The van der Waals surface area contributed by atoms with Crippen LogP contribution in [0.5, 0.6) is 0 Å². The van der Waals surface area contributed by atoms with Crippen LogP contribution in [-0.2, 0) is 6.42 Å². The first kappa shape index (κ1) is 17.8. The highest BCUT2D eigenvalue weighted by Crippen LogP contribution is 2.35. The Labute approximate surface area is 172 Å². The van der Waals surface area contributed by atoms with Gasteiger partial charge in [-0.15, -0.1) is 0 Å². The molecule has 29 heavy (non-hydrogen) atoms. The first-order valence-corrected chi connectivity index (χ1v) is 9.91. The molecule has 0 unspecified atom stereocenters. The maximum absolute atomic E-state index is 4.78. The van der Waals surface area contributed by atoms with Gasteiger partial charge in [-0.05, 0) is 36.4 Å². The number of hydrogen-bond acceptors (Lipinski definition) is 5. The van der Waals surface area contributed by atoms with Gasteiger partial charge < -0.3 is 5.32 Å². The quantitative estimate of drug-likeness (QED) is 0.748. The fourth-order valence-corrected chi connectivity index (χ4v) is 4.17. The molecule has 3 aromatic rings. The van der Waals surface area contributed by atoms with E-state index in [4.69, 9.17) is 4.98 Å². The van der Waals surface area contributed by atoms with Gasteiger partial charge in [-0.1, -0.05) is 24.8 Å². The van der Waals surface area contributed by atoms with E-state index in [2.05, 4.69) is 64.2 Å². The number of likely N-dealkylation sites (N-methyl/N-ethyl adjacent to an activating group) is 1. The molecule has 0 bridgehead atoms. The van der Waals surface area contributed by atoms with Gasteiger partial charge >= 0.3 is 0 Å². The number of aromatic nitrogens is 3. The molecule has 1 fully saturated rings. The van der Waals surface area contributed by atoms with E-state index in [0.29, 0.717) is 0 Å². The van der Waals surface area contributed by atoms with Gasteiger partial charge in [0, 0.05) is 67.7 Å². The van der Waals surface area contributed by atoms with Crippen LogP contribution in [0.1, 0.15) is 23.8 Å². The first-order chi connectivity index (χ1) is 14.2. The third-order valence-electron chi connectivity index (χ3n) is 5.68. The van der Waals surface area contributed by atoms with Crippen LogP contribution in [0.2, 0.25) is 0 Å². The van der Waals surface area contributed by atoms with Crippen molar-refractivity contribution < 1.29 is 1.43 Å². The SMILES string of the molecule is C=C/C(=C1/CN(C)CCN1)c1cnc2c(c1)C(c1ccc3ncncc3c1)=CC2.[HH]. The van der Waals surface area contributed by atoms with Crippen LogP contribution in [0.3, 0.4) is 0 Å². The van der Waals surface area contributed by atoms with Crippen molar-refractivity contribution in [3.05, 3.63) is 89.8 Å². The Kier molecular flexibility index (Phi) is 4.45. The standard InChI is InChI=1S/C24H23N5.H2/c1-3-19(24-14-29(2)9-8-26-24)17-11-21-20(5-7-23(21)27-13-17)16-4-6-22-18(10-16)12-25-15-28-22;/h3-6,10-13,15,26H,1,7-9,14H2,2H3;1H/b24-19+;. The molecule has 3 heterocycles. The van der Waals surface area contributed by atoms with Crippen molar-refractivity contribution in [1.82, 2.24) is 25.2 Å². The molecule has 5 rings (SSSR count). The Hall–Kier alpha value is -3.31. The fourth-order valence-electron chi connectivity index (χ4n) is 4.17. The lowest BCUT2D eigenvalue weighted by Crippen LogP contribution is -2.40. The van der Waals surface area contributed by atoms with Crippen LogP contribution < -0.4 is 5.32 Å². The van der Waals surface area contributed by atoms with Gasteiger partial charge in [-0.3, -0.25) is 9.88 Å². The van der Waals surface area contributed by atoms with Crippen molar-refractivity contribution in [3.63, 3.8) is 0 Å². The summed E-state index contributed by atoms with van der Waals surface area (Å²) in [6, 6.07) is 8.61. The molecule has 0 spiro atoms. The Morgan fingerprint density at radius 3 is 3.03 bits per heavy atom. The van der Waals surface area contributed by atoms with Crippen LogP contribution in [-0.4, -0.2) is 46.5 Å². The third-order valence-corrected chi connectivity index (χ3v) is 5.68. The number of benzene rings is 1. The van der Waals surface area contributed by atoms with Gasteiger partial charge in [0.05, 0.1) is 11.2 Å². The number of nitrogens with one attached hydrogen (secondary N) is 1. The van der Waals surface area contributed by atoms with Crippen molar-refractivity contribution in [1.29, 1.82) is 0 Å². The number of piperazine rings is 1. The zero-order valence-electron chi connectivity index (χ0n) is 16.5. The number of allylic oxidation sites excluding steroid dienone is 3. The van der Waals surface area contributed by atoms with Crippen molar-refractivity contribution in [3.8, 4) is 0 Å². The minimum atomic E-state index is 0. The number of nitrogens with zero attached hydrogens (tertiary/aromatic N) is 4. The molecule has 2 aromatic heterocycles. The van der Waals surface area contributed by atoms with E-state index in [1.807, 2.05) is 18.5 Å². The predicted octanol–water partition coefficient (Wildman–Crippen LogP) is 3.69. The second-order valence-corrected chi connectivity index (χ2v) is 7.60. The summed E-state index contributed by atoms with van der Waals surface area (Å²) >= 11 is 0. The van der Waals surface area contributed by atoms with Gasteiger partial charge in [-0.2, -0.15) is 0 Å². The van der Waals surface area contributed by atoms with Crippen molar-refractivity contribution in [2.45, 2.75) is 6.42 Å². The monoisotopic (exact) mass is 383 g/mol. The van der Waals surface area contributed by atoms with E-state index in [1.165, 1.54) is 22.4 Å². The molecule has 5 heteroatoms. The Balaban J connectivity index is 0.00000218. The third kappa shape index (κ3) is 3.23. The van der Waals surface area contributed by atoms with E-state index >= 15 is 0 Å². The smallest absolute Gasteiger partial charge is 0.116 e. The summed E-state index contributed by atoms with van der Waals surface area (Å²) in [6.07, 6.45) is 10.5. The molecule has 0 saturated carbocycles. The van der Waals surface area contributed by atoms with E-state index < -0.39 is 0 Å². The summed E-state index contributed by atoms with van der Waals surface area (Å²) in [7, 11) is 2.15. The van der Waals surface area contributed by atoms with Crippen LogP contribution >= 0.6 is 0 Å². The number of rotatable bonds is 3. The lowest BCUT2D eigenvalue weighted by Gasteiger charge is -2.28. The Morgan fingerprint density at radius 2 is 2.17 bits per heavy atom. The lowest BCUT2D eigenvalue weighted by molar-refractivity contribution is 0.324.